The highest BCUT2D eigenvalue weighted by atomic mass is 17.2. The van der Waals surface area contributed by atoms with E-state index in [0.29, 0.717) is 0 Å². The van der Waals surface area contributed by atoms with Crippen molar-refractivity contribution >= 4 is 0 Å². The molecule has 0 aromatic heterocycles. The van der Waals surface area contributed by atoms with E-state index < -0.39 is 11.2 Å². The van der Waals surface area contributed by atoms with Gasteiger partial charge in [0.25, 0.3) is 0 Å². The zero-order chi connectivity index (χ0) is 17.8. The van der Waals surface area contributed by atoms with E-state index in [-0.39, 0.29) is 11.8 Å². The lowest BCUT2D eigenvalue weighted by Crippen LogP contribution is -2.39. The van der Waals surface area contributed by atoms with Crippen LogP contribution in [0.5, 0.6) is 0 Å². The first kappa shape index (κ1) is 18.7. The zero-order valence-corrected chi connectivity index (χ0v) is 15.7. The molecule has 2 nitrogen and oxygen atoms in total. The van der Waals surface area contributed by atoms with Gasteiger partial charge in [-0.3, -0.25) is 0 Å². The van der Waals surface area contributed by atoms with Gasteiger partial charge in [0.1, 0.15) is 11.2 Å². The summed E-state index contributed by atoms with van der Waals surface area (Å²) in [5, 5.41) is 0. The SMILES string of the molecule is CC(C)C(C)(OOC(C)(c1ccccc1)C(C)C)c1ccccc1. The third-order valence-electron chi connectivity index (χ3n) is 5.29. The molecule has 0 aliphatic rings. The molecule has 130 valence electrons. The molecule has 0 saturated carbocycles. The van der Waals surface area contributed by atoms with Crippen molar-refractivity contribution in [2.45, 2.75) is 52.7 Å². The van der Waals surface area contributed by atoms with Crippen LogP contribution in [-0.2, 0) is 21.0 Å². The predicted octanol–water partition coefficient (Wildman–Crippen LogP) is 6.08. The zero-order valence-electron chi connectivity index (χ0n) is 15.7. The first-order valence-electron chi connectivity index (χ1n) is 8.78. The molecule has 0 amide bonds. The molecule has 0 saturated heterocycles. The molecule has 0 N–H and O–H groups in total. The molecule has 2 heteroatoms. The van der Waals surface area contributed by atoms with E-state index in [0.717, 1.165) is 11.1 Å². The highest BCUT2D eigenvalue weighted by Crippen LogP contribution is 2.39. The van der Waals surface area contributed by atoms with Crippen molar-refractivity contribution in [3.63, 3.8) is 0 Å². The second-order valence-electron chi connectivity index (χ2n) is 7.42. The monoisotopic (exact) mass is 326 g/mol. The molecule has 2 rings (SSSR count). The highest BCUT2D eigenvalue weighted by Gasteiger charge is 2.39. The van der Waals surface area contributed by atoms with Crippen LogP contribution < -0.4 is 0 Å². The summed E-state index contributed by atoms with van der Waals surface area (Å²) in [6, 6.07) is 20.6. The molecule has 2 aromatic carbocycles. The van der Waals surface area contributed by atoms with E-state index in [1.807, 2.05) is 36.4 Å². The number of hydrogen-bond acceptors (Lipinski definition) is 2. The lowest BCUT2D eigenvalue weighted by Gasteiger charge is -2.39. The fraction of sp³-hybridized carbons (Fsp3) is 0.455. The van der Waals surface area contributed by atoms with Crippen LogP contribution in [-0.4, -0.2) is 0 Å². The van der Waals surface area contributed by atoms with Crippen LogP contribution in [0.1, 0.15) is 52.7 Å². The Balaban J connectivity index is 2.30. The Labute approximate surface area is 146 Å². The lowest BCUT2D eigenvalue weighted by atomic mass is 9.84. The molecule has 0 heterocycles. The number of rotatable bonds is 7. The Bertz CT molecular complexity index is 563. The molecule has 24 heavy (non-hydrogen) atoms. The molecule has 0 aliphatic heterocycles. The lowest BCUT2D eigenvalue weighted by molar-refractivity contribution is -0.432. The van der Waals surface area contributed by atoms with Gasteiger partial charge in [-0.15, -0.1) is 0 Å². The minimum atomic E-state index is -0.508. The molecule has 2 atom stereocenters. The molecular formula is C22H30O2. The predicted molar refractivity (Wildman–Crippen MR) is 99.4 cm³/mol. The van der Waals surface area contributed by atoms with Crippen LogP contribution in [0.2, 0.25) is 0 Å². The van der Waals surface area contributed by atoms with Gasteiger partial charge in [-0.2, -0.15) is 0 Å². The Morgan fingerprint density at radius 3 is 1.12 bits per heavy atom. The van der Waals surface area contributed by atoms with Gasteiger partial charge in [0.2, 0.25) is 0 Å². The molecule has 0 radical (unpaired) electrons. The van der Waals surface area contributed by atoms with E-state index in [2.05, 4.69) is 65.8 Å². The van der Waals surface area contributed by atoms with Crippen LogP contribution >= 0.6 is 0 Å². The largest absolute Gasteiger partial charge is 0.224 e. The molecule has 0 aliphatic carbocycles. The Morgan fingerprint density at radius 1 is 0.583 bits per heavy atom. The average Bonchev–Trinajstić information content (AvgIpc) is 2.60. The third kappa shape index (κ3) is 3.71. The topological polar surface area (TPSA) is 18.5 Å². The second kappa shape index (κ2) is 7.50. The van der Waals surface area contributed by atoms with E-state index in [9.17, 15) is 0 Å². The van der Waals surface area contributed by atoms with Gasteiger partial charge in [-0.1, -0.05) is 88.4 Å². The molecule has 2 aromatic rings. The van der Waals surface area contributed by atoms with E-state index in [1.165, 1.54) is 0 Å². The first-order valence-corrected chi connectivity index (χ1v) is 8.78. The second-order valence-corrected chi connectivity index (χ2v) is 7.42. The maximum atomic E-state index is 6.16. The first-order chi connectivity index (χ1) is 11.3. The average molecular weight is 326 g/mol. The third-order valence-corrected chi connectivity index (χ3v) is 5.29. The van der Waals surface area contributed by atoms with E-state index in [4.69, 9.17) is 9.78 Å². The molecule has 2 unspecified atom stereocenters. The summed E-state index contributed by atoms with van der Waals surface area (Å²) in [7, 11) is 0. The van der Waals surface area contributed by atoms with Gasteiger partial charge < -0.3 is 0 Å². The number of benzene rings is 2. The summed E-state index contributed by atoms with van der Waals surface area (Å²) in [5.41, 5.74) is 1.23. The van der Waals surface area contributed by atoms with Crippen molar-refractivity contribution in [3.05, 3.63) is 71.8 Å². The van der Waals surface area contributed by atoms with Crippen molar-refractivity contribution < 1.29 is 9.78 Å². The van der Waals surface area contributed by atoms with Gasteiger partial charge in [-0.25, -0.2) is 9.78 Å². The van der Waals surface area contributed by atoms with Gasteiger partial charge in [0.05, 0.1) is 0 Å². The summed E-state index contributed by atoms with van der Waals surface area (Å²) in [6.07, 6.45) is 0. The number of hydrogen-bond donors (Lipinski definition) is 0. The summed E-state index contributed by atoms with van der Waals surface area (Å²) >= 11 is 0. The van der Waals surface area contributed by atoms with Gasteiger partial charge in [0, 0.05) is 0 Å². The van der Waals surface area contributed by atoms with Crippen LogP contribution in [0.15, 0.2) is 60.7 Å². The maximum Gasteiger partial charge on any atom is 0.128 e. The quantitative estimate of drug-likeness (QED) is 0.453. The van der Waals surface area contributed by atoms with Gasteiger partial charge >= 0.3 is 0 Å². The highest BCUT2D eigenvalue weighted by molar-refractivity contribution is 5.23. The molecule has 0 bridgehead atoms. The fourth-order valence-corrected chi connectivity index (χ4v) is 2.67. The minimum absolute atomic E-state index is 0.270. The van der Waals surface area contributed by atoms with Crippen molar-refractivity contribution in [1.29, 1.82) is 0 Å². The van der Waals surface area contributed by atoms with Crippen molar-refractivity contribution in [2.24, 2.45) is 11.8 Å². The Morgan fingerprint density at radius 2 is 0.875 bits per heavy atom. The minimum Gasteiger partial charge on any atom is -0.224 e. The van der Waals surface area contributed by atoms with Crippen LogP contribution in [0, 0.1) is 11.8 Å². The van der Waals surface area contributed by atoms with E-state index in [1.54, 1.807) is 0 Å². The van der Waals surface area contributed by atoms with Crippen molar-refractivity contribution in [1.82, 2.24) is 0 Å². The Kier molecular flexibility index (Phi) is 5.84. The maximum absolute atomic E-state index is 6.16. The molecular weight excluding hydrogens is 296 g/mol. The smallest absolute Gasteiger partial charge is 0.128 e. The van der Waals surface area contributed by atoms with Crippen LogP contribution in [0.3, 0.4) is 0 Å². The van der Waals surface area contributed by atoms with Gasteiger partial charge in [0.15, 0.2) is 0 Å². The van der Waals surface area contributed by atoms with E-state index >= 15 is 0 Å². The van der Waals surface area contributed by atoms with Gasteiger partial charge in [-0.05, 0) is 36.8 Å². The standard InChI is InChI=1S/C22H30O2/c1-17(2)21(5,19-13-9-7-10-14-19)23-24-22(6,18(3)4)20-15-11-8-12-16-20/h7-18H,1-6H3. The normalized spacial score (nSPS) is 16.8. The summed E-state index contributed by atoms with van der Waals surface area (Å²) in [5.74, 6) is 0.541. The fourth-order valence-electron chi connectivity index (χ4n) is 2.67. The summed E-state index contributed by atoms with van der Waals surface area (Å²) in [6.45, 7) is 12.8. The van der Waals surface area contributed by atoms with Crippen molar-refractivity contribution in [2.75, 3.05) is 0 Å². The van der Waals surface area contributed by atoms with Crippen LogP contribution in [0.4, 0.5) is 0 Å². The molecule has 0 spiro atoms. The summed E-state index contributed by atoms with van der Waals surface area (Å²) in [4.78, 5) is 12.3. The Hall–Kier alpha value is -1.64. The molecule has 0 fully saturated rings. The van der Waals surface area contributed by atoms with Crippen molar-refractivity contribution in [3.8, 4) is 0 Å². The van der Waals surface area contributed by atoms with Crippen LogP contribution in [0.25, 0.3) is 0 Å². The summed E-state index contributed by atoms with van der Waals surface area (Å²) < 4.78 is 0.